The van der Waals surface area contributed by atoms with Gasteiger partial charge in [0.05, 0.1) is 6.07 Å². The molecule has 48 valence electrons. The van der Waals surface area contributed by atoms with Crippen molar-refractivity contribution in [1.82, 2.24) is 0 Å². The van der Waals surface area contributed by atoms with Crippen LogP contribution < -0.4 is 0 Å². The molecular formula is C2HNO4P2. The molecule has 0 rings (SSSR count). The zero-order chi connectivity index (χ0) is 7.44. The van der Waals surface area contributed by atoms with Crippen molar-refractivity contribution in [3.05, 3.63) is 0 Å². The topological polar surface area (TPSA) is 92.1 Å². The molecule has 0 saturated heterocycles. The van der Waals surface area contributed by atoms with E-state index in [1.54, 1.807) is 0 Å². The van der Waals surface area contributed by atoms with Crippen molar-refractivity contribution in [3.63, 3.8) is 0 Å². The lowest BCUT2D eigenvalue weighted by Gasteiger charge is -1.74. The lowest BCUT2D eigenvalue weighted by molar-refractivity contribution is 0.503. The molecule has 0 aromatic carbocycles. The molecule has 0 aliphatic heterocycles. The average molecular weight is 165 g/mol. The SMILES string of the molecule is N#CC(P(=O)=O)P(=O)=O. The molecule has 7 heteroatoms. The van der Waals surface area contributed by atoms with Crippen molar-refractivity contribution < 1.29 is 18.3 Å². The van der Waals surface area contributed by atoms with Crippen LogP contribution in [-0.4, -0.2) is 5.40 Å². The summed E-state index contributed by atoms with van der Waals surface area (Å²) in [6, 6.07) is 1.11. The zero-order valence-electron chi connectivity index (χ0n) is 4.05. The summed E-state index contributed by atoms with van der Waals surface area (Å²) in [5.41, 5.74) is 0. The summed E-state index contributed by atoms with van der Waals surface area (Å²) < 4.78 is 39.2. The van der Waals surface area contributed by atoms with Gasteiger partial charge in [0.1, 0.15) is 0 Å². The molecule has 0 heterocycles. The first-order valence-electron chi connectivity index (χ1n) is 1.76. The van der Waals surface area contributed by atoms with Crippen LogP contribution in [0.5, 0.6) is 0 Å². The molecule has 0 bridgehead atoms. The van der Waals surface area contributed by atoms with E-state index in [4.69, 9.17) is 5.26 Å². The van der Waals surface area contributed by atoms with E-state index in [2.05, 4.69) is 0 Å². The maximum Gasteiger partial charge on any atom is 0.348 e. The maximum atomic E-state index is 9.80. The summed E-state index contributed by atoms with van der Waals surface area (Å²) in [6.45, 7) is 0. The molecular weight excluding hydrogens is 164 g/mol. The van der Waals surface area contributed by atoms with Crippen LogP contribution in [0.25, 0.3) is 0 Å². The molecule has 0 spiro atoms. The van der Waals surface area contributed by atoms with E-state index in [1.165, 1.54) is 0 Å². The highest BCUT2D eigenvalue weighted by Crippen LogP contribution is 2.28. The number of hydrogen-bond donors (Lipinski definition) is 0. The molecule has 0 aromatic rings. The molecule has 0 aliphatic carbocycles. The van der Waals surface area contributed by atoms with E-state index in [0.717, 1.165) is 6.07 Å². The Labute approximate surface area is 51.3 Å². The first-order valence-corrected chi connectivity index (χ1v) is 4.25. The van der Waals surface area contributed by atoms with Crippen LogP contribution in [0.2, 0.25) is 0 Å². The van der Waals surface area contributed by atoms with E-state index in [9.17, 15) is 18.3 Å². The predicted octanol–water partition coefficient (Wildman–Crippen LogP) is 1.18. The molecule has 9 heavy (non-hydrogen) atoms. The van der Waals surface area contributed by atoms with Gasteiger partial charge in [0.15, 0.2) is 0 Å². The third-order valence-electron chi connectivity index (χ3n) is 0.515. The van der Waals surface area contributed by atoms with Gasteiger partial charge in [0, 0.05) is 0 Å². The zero-order valence-corrected chi connectivity index (χ0v) is 5.84. The molecule has 0 saturated carbocycles. The largest absolute Gasteiger partial charge is 0.348 e. The van der Waals surface area contributed by atoms with E-state index >= 15 is 0 Å². The summed E-state index contributed by atoms with van der Waals surface area (Å²) in [6.07, 6.45) is 0. The van der Waals surface area contributed by atoms with Crippen LogP contribution in [-0.2, 0) is 18.3 Å². The molecule has 0 unspecified atom stereocenters. The molecule has 5 nitrogen and oxygen atoms in total. The van der Waals surface area contributed by atoms with Crippen LogP contribution in [0.4, 0.5) is 0 Å². The van der Waals surface area contributed by atoms with Crippen molar-refractivity contribution >= 4 is 15.4 Å². The van der Waals surface area contributed by atoms with Crippen LogP contribution in [0.15, 0.2) is 0 Å². The third-order valence-corrected chi connectivity index (χ3v) is 2.68. The van der Waals surface area contributed by atoms with Crippen molar-refractivity contribution in [2.75, 3.05) is 0 Å². The van der Waals surface area contributed by atoms with Crippen molar-refractivity contribution in [1.29, 1.82) is 5.26 Å². The van der Waals surface area contributed by atoms with Gasteiger partial charge in [0.25, 0.3) is 5.40 Å². The highest BCUT2D eigenvalue weighted by Gasteiger charge is 2.19. The summed E-state index contributed by atoms with van der Waals surface area (Å²) in [7, 11) is -6.32. The first-order chi connectivity index (χ1) is 4.09. The number of nitrogens with zero attached hydrogens (tertiary/aromatic N) is 1. The van der Waals surface area contributed by atoms with Gasteiger partial charge in [-0.05, 0) is 0 Å². The van der Waals surface area contributed by atoms with Gasteiger partial charge >= 0.3 is 15.4 Å². The Kier molecular flexibility index (Phi) is 3.08. The van der Waals surface area contributed by atoms with Gasteiger partial charge in [-0.2, -0.15) is 5.26 Å². The predicted molar refractivity (Wildman–Crippen MR) is 26.0 cm³/mol. The molecule has 0 aliphatic rings. The van der Waals surface area contributed by atoms with Crippen molar-refractivity contribution in [2.45, 2.75) is 5.40 Å². The average Bonchev–Trinajstić information content (AvgIpc) is 1.64. The molecule has 0 radical (unpaired) electrons. The fourth-order valence-corrected chi connectivity index (χ4v) is 0.976. The van der Waals surface area contributed by atoms with Gasteiger partial charge in [-0.1, -0.05) is 0 Å². The second-order valence-corrected chi connectivity index (χ2v) is 3.66. The number of nitriles is 1. The number of hydrogen-bond acceptors (Lipinski definition) is 5. The second kappa shape index (κ2) is 3.34. The second-order valence-electron chi connectivity index (χ2n) is 1.07. The Morgan fingerprint density at radius 3 is 1.44 bits per heavy atom. The van der Waals surface area contributed by atoms with Crippen molar-refractivity contribution in [3.8, 4) is 6.07 Å². The fraction of sp³-hybridized carbons (Fsp3) is 0.500. The van der Waals surface area contributed by atoms with Gasteiger partial charge in [0.2, 0.25) is 0 Å². The maximum absolute atomic E-state index is 9.80. The minimum absolute atomic E-state index is 1.11. The van der Waals surface area contributed by atoms with Crippen LogP contribution >= 0.6 is 15.4 Å². The highest BCUT2D eigenvalue weighted by atomic mass is 31.1. The van der Waals surface area contributed by atoms with Crippen molar-refractivity contribution in [2.24, 2.45) is 0 Å². The Balaban J connectivity index is 4.62. The summed E-state index contributed by atoms with van der Waals surface area (Å²) in [5.74, 6) is 0. The lowest BCUT2D eigenvalue weighted by atomic mass is 10.9. The Hall–Kier alpha value is -0.710. The van der Waals surface area contributed by atoms with E-state index in [0.29, 0.717) is 0 Å². The Morgan fingerprint density at radius 2 is 1.44 bits per heavy atom. The minimum atomic E-state index is -3.16. The fourth-order valence-electron chi connectivity index (χ4n) is 0.171. The van der Waals surface area contributed by atoms with E-state index in [1.807, 2.05) is 0 Å². The Morgan fingerprint density at radius 1 is 1.11 bits per heavy atom. The van der Waals surface area contributed by atoms with Crippen LogP contribution in [0.1, 0.15) is 0 Å². The molecule has 0 N–H and O–H groups in total. The van der Waals surface area contributed by atoms with E-state index in [-0.39, 0.29) is 0 Å². The molecule has 0 fully saturated rings. The van der Waals surface area contributed by atoms with Gasteiger partial charge < -0.3 is 0 Å². The van der Waals surface area contributed by atoms with Crippen LogP contribution in [0, 0.1) is 11.3 Å². The normalized spacial score (nSPS) is 8.44. The molecule has 0 aromatic heterocycles. The first kappa shape index (κ1) is 8.29. The quantitative estimate of drug-likeness (QED) is 0.572. The highest BCUT2D eigenvalue weighted by molar-refractivity contribution is 7.51. The standard InChI is InChI=1S/C2HNO4P2/c3-1-2(8(4)5)9(6)7/h2H. The smallest absolute Gasteiger partial charge is 0.235 e. The minimum Gasteiger partial charge on any atom is -0.235 e. The Bertz CT molecular complexity index is 231. The van der Waals surface area contributed by atoms with Gasteiger partial charge in [-0.25, -0.2) is 18.3 Å². The molecule has 0 amide bonds. The third kappa shape index (κ3) is 2.36. The van der Waals surface area contributed by atoms with Gasteiger partial charge in [-0.15, -0.1) is 0 Å². The monoisotopic (exact) mass is 165 g/mol. The summed E-state index contributed by atoms with van der Waals surface area (Å²) in [4.78, 5) is 0. The lowest BCUT2D eigenvalue weighted by Crippen LogP contribution is -1.79. The number of rotatable bonds is 2. The van der Waals surface area contributed by atoms with Gasteiger partial charge in [-0.3, -0.25) is 0 Å². The van der Waals surface area contributed by atoms with Crippen LogP contribution in [0.3, 0.4) is 0 Å². The molecule has 0 atom stereocenters. The van der Waals surface area contributed by atoms with E-state index < -0.39 is 20.8 Å². The summed E-state index contributed by atoms with van der Waals surface area (Å²) >= 11 is 0. The summed E-state index contributed by atoms with van der Waals surface area (Å²) in [5, 5.41) is 5.98.